The number of carbonyl (C=O) groups excluding carboxylic acids is 1. The molecule has 1 atom stereocenters. The highest BCUT2D eigenvalue weighted by Gasteiger charge is 2.19. The van der Waals surface area contributed by atoms with E-state index in [4.69, 9.17) is 4.74 Å². The van der Waals surface area contributed by atoms with E-state index in [9.17, 15) is 4.79 Å². The monoisotopic (exact) mass is 399 g/mol. The van der Waals surface area contributed by atoms with Crippen molar-refractivity contribution in [3.8, 4) is 5.75 Å². The Hall–Kier alpha value is -2.41. The summed E-state index contributed by atoms with van der Waals surface area (Å²) in [6.45, 7) is 12.1. The van der Waals surface area contributed by atoms with E-state index in [2.05, 4.69) is 37.1 Å². The average molecular weight is 400 g/mol. The van der Waals surface area contributed by atoms with Crippen LogP contribution in [0.5, 0.6) is 5.75 Å². The molecule has 2 aromatic rings. The summed E-state index contributed by atoms with van der Waals surface area (Å²) in [6.07, 6.45) is 1.89. The van der Waals surface area contributed by atoms with Crippen molar-refractivity contribution in [3.63, 3.8) is 0 Å². The summed E-state index contributed by atoms with van der Waals surface area (Å²) < 4.78 is 7.89. The maximum absolute atomic E-state index is 12.1. The lowest BCUT2D eigenvalue weighted by molar-refractivity contribution is -0.124. The van der Waals surface area contributed by atoms with E-state index in [1.54, 1.807) is 0 Å². The molecule has 1 amide bonds. The number of hydrogen-bond donors (Lipinski definition) is 1. The molecule has 0 bridgehead atoms. The zero-order valence-corrected chi connectivity index (χ0v) is 18.0. The lowest BCUT2D eigenvalue weighted by Gasteiger charge is -2.20. The highest BCUT2D eigenvalue weighted by atomic mass is 16.5. The predicted molar refractivity (Wildman–Crippen MR) is 113 cm³/mol. The summed E-state index contributed by atoms with van der Waals surface area (Å²) >= 11 is 0. The van der Waals surface area contributed by atoms with Crippen molar-refractivity contribution in [2.75, 3.05) is 13.1 Å². The van der Waals surface area contributed by atoms with Gasteiger partial charge in [0.15, 0.2) is 5.82 Å². The topological polar surface area (TPSA) is 72.3 Å². The van der Waals surface area contributed by atoms with Gasteiger partial charge < -0.3 is 14.6 Å². The number of nitrogens with zero attached hydrogens (tertiary/aromatic N) is 4. The van der Waals surface area contributed by atoms with Crippen LogP contribution in [-0.4, -0.2) is 44.8 Å². The standard InChI is InChI=1S/C22H33N5O2/c1-5-17(4)22(28)23-14-21-25-24-20-10-11-26(12-13-27(20)21)15-18-6-8-19(9-7-18)29-16(2)3/h6-9,16-17H,5,10-15H2,1-4H3,(H,23,28). The molecule has 1 N–H and O–H groups in total. The van der Waals surface area contributed by atoms with E-state index in [0.717, 1.165) is 56.4 Å². The number of hydrogen-bond acceptors (Lipinski definition) is 5. The number of ether oxygens (including phenoxy) is 1. The highest BCUT2D eigenvalue weighted by Crippen LogP contribution is 2.17. The van der Waals surface area contributed by atoms with Gasteiger partial charge in [-0.25, -0.2) is 0 Å². The van der Waals surface area contributed by atoms with Gasteiger partial charge in [0.1, 0.15) is 11.6 Å². The van der Waals surface area contributed by atoms with Crippen LogP contribution in [0.3, 0.4) is 0 Å². The van der Waals surface area contributed by atoms with Crippen LogP contribution in [0, 0.1) is 5.92 Å². The predicted octanol–water partition coefficient (Wildman–Crippen LogP) is 2.79. The van der Waals surface area contributed by atoms with Crippen molar-refractivity contribution in [2.24, 2.45) is 5.92 Å². The van der Waals surface area contributed by atoms with Crippen LogP contribution < -0.4 is 10.1 Å². The molecule has 3 rings (SSSR count). The van der Waals surface area contributed by atoms with E-state index >= 15 is 0 Å². The van der Waals surface area contributed by atoms with Crippen molar-refractivity contribution in [3.05, 3.63) is 41.5 Å². The molecule has 2 heterocycles. The first-order valence-electron chi connectivity index (χ1n) is 10.6. The molecular formula is C22H33N5O2. The van der Waals surface area contributed by atoms with E-state index in [-0.39, 0.29) is 17.9 Å². The molecule has 7 heteroatoms. The Morgan fingerprint density at radius 3 is 2.59 bits per heavy atom. The van der Waals surface area contributed by atoms with Crippen LogP contribution in [0.4, 0.5) is 0 Å². The number of amides is 1. The maximum Gasteiger partial charge on any atom is 0.223 e. The summed E-state index contributed by atoms with van der Waals surface area (Å²) in [5.41, 5.74) is 1.28. The molecule has 0 fully saturated rings. The second kappa shape index (κ2) is 9.87. The summed E-state index contributed by atoms with van der Waals surface area (Å²) in [5.74, 6) is 2.85. The third-order valence-electron chi connectivity index (χ3n) is 5.38. The Labute approximate surface area is 173 Å². The van der Waals surface area contributed by atoms with Gasteiger partial charge in [-0.2, -0.15) is 0 Å². The van der Waals surface area contributed by atoms with Gasteiger partial charge in [0.2, 0.25) is 5.91 Å². The van der Waals surface area contributed by atoms with E-state index < -0.39 is 0 Å². The Balaban J connectivity index is 1.55. The normalized spacial score (nSPS) is 15.6. The largest absolute Gasteiger partial charge is 0.491 e. The van der Waals surface area contributed by atoms with Gasteiger partial charge >= 0.3 is 0 Å². The van der Waals surface area contributed by atoms with Crippen molar-refractivity contribution >= 4 is 5.91 Å². The van der Waals surface area contributed by atoms with Gasteiger partial charge in [-0.15, -0.1) is 10.2 Å². The van der Waals surface area contributed by atoms with Crippen molar-refractivity contribution in [2.45, 2.75) is 66.3 Å². The summed E-state index contributed by atoms with van der Waals surface area (Å²) in [5, 5.41) is 11.7. The molecule has 158 valence electrons. The van der Waals surface area contributed by atoms with Gasteiger partial charge in [-0.05, 0) is 38.0 Å². The first-order chi connectivity index (χ1) is 14.0. The van der Waals surface area contributed by atoms with Crippen LogP contribution in [-0.2, 0) is 30.8 Å². The minimum absolute atomic E-state index is 0.0225. The summed E-state index contributed by atoms with van der Waals surface area (Å²) in [4.78, 5) is 14.5. The minimum Gasteiger partial charge on any atom is -0.491 e. The van der Waals surface area contributed by atoms with Crippen LogP contribution in [0.2, 0.25) is 0 Å². The zero-order valence-electron chi connectivity index (χ0n) is 18.0. The summed E-state index contributed by atoms with van der Waals surface area (Å²) in [6, 6.07) is 8.36. The first-order valence-corrected chi connectivity index (χ1v) is 10.6. The van der Waals surface area contributed by atoms with Crippen molar-refractivity contribution < 1.29 is 9.53 Å². The highest BCUT2D eigenvalue weighted by molar-refractivity contribution is 5.78. The molecule has 1 unspecified atom stereocenters. The van der Waals surface area contributed by atoms with E-state index in [1.807, 2.05) is 39.8 Å². The second-order valence-corrected chi connectivity index (χ2v) is 8.05. The van der Waals surface area contributed by atoms with Gasteiger partial charge in [-0.1, -0.05) is 26.0 Å². The lowest BCUT2D eigenvalue weighted by atomic mass is 10.1. The Bertz CT molecular complexity index is 800. The lowest BCUT2D eigenvalue weighted by Crippen LogP contribution is -2.30. The second-order valence-electron chi connectivity index (χ2n) is 8.05. The van der Waals surface area contributed by atoms with Gasteiger partial charge in [-0.3, -0.25) is 9.69 Å². The molecule has 0 aliphatic carbocycles. The molecule has 1 aromatic heterocycles. The fourth-order valence-electron chi connectivity index (χ4n) is 3.45. The van der Waals surface area contributed by atoms with Crippen LogP contribution >= 0.6 is 0 Å². The summed E-state index contributed by atoms with van der Waals surface area (Å²) in [7, 11) is 0. The van der Waals surface area contributed by atoms with Crippen LogP contribution in [0.15, 0.2) is 24.3 Å². The van der Waals surface area contributed by atoms with Crippen LogP contribution in [0.25, 0.3) is 0 Å². The molecule has 0 radical (unpaired) electrons. The molecule has 0 saturated heterocycles. The molecule has 0 saturated carbocycles. The molecule has 1 aliphatic rings. The molecular weight excluding hydrogens is 366 g/mol. The SMILES string of the molecule is CCC(C)C(=O)NCc1nnc2n1CCN(Cc1ccc(OC(C)C)cc1)CC2. The Morgan fingerprint density at radius 2 is 1.90 bits per heavy atom. The van der Waals surface area contributed by atoms with Crippen LogP contribution in [0.1, 0.15) is 51.3 Å². The Morgan fingerprint density at radius 1 is 1.14 bits per heavy atom. The number of fused-ring (bicyclic) bond motifs is 1. The third kappa shape index (κ3) is 5.79. The smallest absolute Gasteiger partial charge is 0.223 e. The quantitative estimate of drug-likeness (QED) is 0.739. The van der Waals surface area contributed by atoms with Crippen molar-refractivity contribution in [1.29, 1.82) is 0 Å². The van der Waals surface area contributed by atoms with Gasteiger partial charge in [0.25, 0.3) is 0 Å². The number of benzene rings is 1. The zero-order chi connectivity index (χ0) is 20.8. The Kier molecular flexibility index (Phi) is 7.25. The molecule has 0 spiro atoms. The average Bonchev–Trinajstić information content (AvgIpc) is 2.99. The molecule has 29 heavy (non-hydrogen) atoms. The molecule has 1 aromatic carbocycles. The number of rotatable bonds is 8. The van der Waals surface area contributed by atoms with Gasteiger partial charge in [0, 0.05) is 38.5 Å². The number of nitrogens with one attached hydrogen (secondary N) is 1. The minimum atomic E-state index is 0.0225. The molecule has 7 nitrogen and oxygen atoms in total. The number of carbonyl (C=O) groups is 1. The fraction of sp³-hybridized carbons (Fsp3) is 0.591. The fourth-order valence-corrected chi connectivity index (χ4v) is 3.45. The van der Waals surface area contributed by atoms with E-state index in [1.165, 1.54) is 5.56 Å². The van der Waals surface area contributed by atoms with Gasteiger partial charge in [0.05, 0.1) is 12.6 Å². The third-order valence-corrected chi connectivity index (χ3v) is 5.38. The molecule has 1 aliphatic heterocycles. The first kappa shape index (κ1) is 21.3. The number of aromatic nitrogens is 3. The van der Waals surface area contributed by atoms with Crippen molar-refractivity contribution in [1.82, 2.24) is 25.0 Å². The maximum atomic E-state index is 12.1. The van der Waals surface area contributed by atoms with E-state index in [0.29, 0.717) is 6.54 Å².